The van der Waals surface area contributed by atoms with Crippen LogP contribution in [-0.4, -0.2) is 21.6 Å². The number of hydrogen-bond acceptors (Lipinski definition) is 11. The van der Waals surface area contributed by atoms with E-state index >= 15 is 0 Å². The van der Waals surface area contributed by atoms with E-state index in [1.54, 1.807) is 6.26 Å². The van der Waals surface area contributed by atoms with Gasteiger partial charge in [0.25, 0.3) is 5.91 Å². The molecule has 0 aliphatic carbocycles. The lowest BCUT2D eigenvalue weighted by molar-refractivity contribution is 0.0966. The van der Waals surface area contributed by atoms with Crippen LogP contribution in [-0.2, 0) is 0 Å². The van der Waals surface area contributed by atoms with Gasteiger partial charge in [0.15, 0.2) is 5.00 Å². The maximum atomic E-state index is 13.4. The zero-order valence-electron chi connectivity index (χ0n) is 24.9. The molecule has 3 aromatic carbocycles. The summed E-state index contributed by atoms with van der Waals surface area (Å²) in [5.41, 5.74) is 11.8. The van der Waals surface area contributed by atoms with Crippen LogP contribution in [0.2, 0.25) is 0 Å². The van der Waals surface area contributed by atoms with Crippen LogP contribution < -0.4 is 15.9 Å². The van der Waals surface area contributed by atoms with E-state index < -0.39 is 0 Å². The predicted octanol–water partition coefficient (Wildman–Crippen LogP) is 9.00. The summed E-state index contributed by atoms with van der Waals surface area (Å²) in [5.74, 6) is 0.450. The first kappa shape index (κ1) is 29.3. The van der Waals surface area contributed by atoms with Crippen molar-refractivity contribution in [2.45, 2.75) is 26.3 Å². The summed E-state index contributed by atoms with van der Waals surface area (Å²) in [6, 6.07) is 31.2. The Morgan fingerprint density at radius 1 is 0.870 bits per heavy atom. The SMILES string of the molecule is Cc1ccc(C2=NN(c3nc(C)c(C(=O)NNc4nc(-c5ccccc5)c(N=Nc5ccccc5)s4)s3)C(c3ccco3)C2)cc1. The van der Waals surface area contributed by atoms with Gasteiger partial charge < -0.3 is 4.42 Å². The van der Waals surface area contributed by atoms with Gasteiger partial charge in [-0.15, -0.1) is 10.2 Å². The molecule has 1 unspecified atom stereocenters. The number of hydrazone groups is 1. The number of nitrogens with one attached hydrogen (secondary N) is 2. The molecule has 228 valence electrons. The van der Waals surface area contributed by atoms with Gasteiger partial charge in [-0.2, -0.15) is 5.10 Å². The first-order valence-electron chi connectivity index (χ1n) is 14.6. The van der Waals surface area contributed by atoms with Crippen LogP contribution in [0.25, 0.3) is 11.3 Å². The number of benzene rings is 3. The molecule has 4 heterocycles. The first-order chi connectivity index (χ1) is 22.5. The maximum Gasteiger partial charge on any atom is 0.281 e. The minimum Gasteiger partial charge on any atom is -0.467 e. The van der Waals surface area contributed by atoms with Crippen molar-refractivity contribution in [3.8, 4) is 11.3 Å². The van der Waals surface area contributed by atoms with Crippen LogP contribution in [0, 0.1) is 13.8 Å². The summed E-state index contributed by atoms with van der Waals surface area (Å²) >= 11 is 2.57. The number of aryl methyl sites for hydroxylation is 2. The quantitative estimate of drug-likeness (QED) is 0.120. The van der Waals surface area contributed by atoms with Gasteiger partial charge in [-0.3, -0.25) is 15.6 Å². The molecule has 0 saturated carbocycles. The second kappa shape index (κ2) is 12.9. The van der Waals surface area contributed by atoms with E-state index in [1.165, 1.54) is 28.2 Å². The number of aromatic nitrogens is 2. The van der Waals surface area contributed by atoms with Gasteiger partial charge in [-0.05, 0) is 43.7 Å². The van der Waals surface area contributed by atoms with Crippen molar-refractivity contribution in [2.75, 3.05) is 10.4 Å². The third kappa shape index (κ3) is 6.21. The Kier molecular flexibility index (Phi) is 8.19. The van der Waals surface area contributed by atoms with E-state index in [9.17, 15) is 4.79 Å². The van der Waals surface area contributed by atoms with E-state index in [4.69, 9.17) is 19.5 Å². The van der Waals surface area contributed by atoms with Gasteiger partial charge in [0.05, 0.1) is 23.4 Å². The Labute approximate surface area is 273 Å². The van der Waals surface area contributed by atoms with Gasteiger partial charge in [-0.1, -0.05) is 101 Å². The van der Waals surface area contributed by atoms with Gasteiger partial charge in [0, 0.05) is 12.0 Å². The average molecular weight is 645 g/mol. The molecule has 1 aliphatic heterocycles. The first-order valence-corrected chi connectivity index (χ1v) is 16.2. The smallest absolute Gasteiger partial charge is 0.281 e. The summed E-state index contributed by atoms with van der Waals surface area (Å²) in [5, 5.41) is 17.3. The van der Waals surface area contributed by atoms with E-state index in [0.717, 1.165) is 28.3 Å². The molecule has 1 atom stereocenters. The van der Waals surface area contributed by atoms with Crippen LogP contribution >= 0.6 is 22.7 Å². The summed E-state index contributed by atoms with van der Waals surface area (Å²) < 4.78 is 5.78. The highest BCUT2D eigenvalue weighted by Gasteiger charge is 2.34. The average Bonchev–Trinajstić information content (AvgIpc) is 3.90. The standard InChI is InChI=1S/C34H28N8O2S2/c1-21-15-17-23(18-16-21)26-20-27(28-14-9-19-44-28)42(41-26)34-35-22(2)30(45-34)31(43)38-40-33-36-29(24-10-5-3-6-11-24)32(46-33)39-37-25-12-7-4-8-13-25/h3-19,27H,20H2,1-2H3,(H,36,40)(H,38,43). The molecule has 0 spiro atoms. The van der Waals surface area contributed by atoms with Crippen LogP contribution in [0.5, 0.6) is 0 Å². The second-order valence-corrected chi connectivity index (χ2v) is 12.5. The van der Waals surface area contributed by atoms with Crippen molar-refractivity contribution in [1.82, 2.24) is 15.4 Å². The number of carbonyl (C=O) groups is 1. The van der Waals surface area contributed by atoms with E-state index in [2.05, 4.69) is 52.3 Å². The van der Waals surface area contributed by atoms with Crippen molar-refractivity contribution >= 4 is 55.2 Å². The number of nitrogens with zero attached hydrogens (tertiary/aromatic N) is 6. The molecule has 12 heteroatoms. The van der Waals surface area contributed by atoms with Crippen molar-refractivity contribution in [3.63, 3.8) is 0 Å². The largest absolute Gasteiger partial charge is 0.467 e. The molecular formula is C34H28N8O2S2. The Balaban J connectivity index is 1.12. The zero-order chi connectivity index (χ0) is 31.5. The van der Waals surface area contributed by atoms with Gasteiger partial charge >= 0.3 is 0 Å². The summed E-state index contributed by atoms with van der Waals surface area (Å²) in [6.45, 7) is 3.88. The second-order valence-electron chi connectivity index (χ2n) is 10.6. The fraction of sp³-hybridized carbons (Fsp3) is 0.118. The Morgan fingerprint density at radius 2 is 1.63 bits per heavy atom. The lowest BCUT2D eigenvalue weighted by Gasteiger charge is -2.18. The van der Waals surface area contributed by atoms with Crippen molar-refractivity contribution < 1.29 is 9.21 Å². The number of carbonyl (C=O) groups excluding carboxylic acids is 1. The number of thiazole rings is 2. The van der Waals surface area contributed by atoms with Gasteiger partial charge in [0.2, 0.25) is 10.3 Å². The number of rotatable bonds is 9. The summed E-state index contributed by atoms with van der Waals surface area (Å²) in [7, 11) is 0. The van der Waals surface area contributed by atoms with Crippen LogP contribution in [0.15, 0.2) is 123 Å². The molecule has 0 saturated heterocycles. The van der Waals surface area contributed by atoms with Crippen molar-refractivity contribution in [2.24, 2.45) is 15.3 Å². The number of anilines is 2. The number of hydrazine groups is 1. The molecule has 1 amide bonds. The van der Waals surface area contributed by atoms with Crippen molar-refractivity contribution in [1.29, 1.82) is 0 Å². The Hall–Kier alpha value is -5.46. The van der Waals surface area contributed by atoms with Gasteiger partial charge in [0.1, 0.15) is 22.4 Å². The van der Waals surface area contributed by atoms with Gasteiger partial charge in [-0.25, -0.2) is 15.0 Å². The maximum absolute atomic E-state index is 13.4. The molecule has 46 heavy (non-hydrogen) atoms. The molecule has 2 N–H and O–H groups in total. The number of hydrogen-bond donors (Lipinski definition) is 2. The molecule has 0 bridgehead atoms. The minimum absolute atomic E-state index is 0.180. The van der Waals surface area contributed by atoms with Crippen LogP contribution in [0.3, 0.4) is 0 Å². The fourth-order valence-corrected chi connectivity index (χ4v) is 6.71. The highest BCUT2D eigenvalue weighted by molar-refractivity contribution is 7.19. The molecule has 1 aliphatic rings. The molecule has 0 fully saturated rings. The topological polar surface area (TPSA) is 120 Å². The molecule has 6 aromatic rings. The molecular weight excluding hydrogens is 617 g/mol. The number of azo groups is 1. The highest BCUT2D eigenvalue weighted by Crippen LogP contribution is 2.41. The minimum atomic E-state index is -0.332. The van der Waals surface area contributed by atoms with Crippen LogP contribution in [0.1, 0.15) is 44.7 Å². The summed E-state index contributed by atoms with van der Waals surface area (Å²) in [4.78, 5) is 23.4. The number of furan rings is 1. The van der Waals surface area contributed by atoms with Crippen LogP contribution in [0.4, 0.5) is 21.0 Å². The lowest BCUT2D eigenvalue weighted by atomic mass is 10.0. The Morgan fingerprint density at radius 3 is 2.37 bits per heavy atom. The van der Waals surface area contributed by atoms with E-state index in [0.29, 0.717) is 38.0 Å². The summed E-state index contributed by atoms with van der Waals surface area (Å²) in [6.07, 6.45) is 2.31. The molecule has 3 aromatic heterocycles. The number of amides is 1. The molecule has 7 rings (SSSR count). The lowest BCUT2D eigenvalue weighted by Crippen LogP contribution is -2.29. The van der Waals surface area contributed by atoms with E-state index in [-0.39, 0.29) is 11.9 Å². The third-order valence-electron chi connectivity index (χ3n) is 7.31. The van der Waals surface area contributed by atoms with E-state index in [1.807, 2.05) is 84.7 Å². The third-order valence-corrected chi connectivity index (χ3v) is 9.31. The highest BCUT2D eigenvalue weighted by atomic mass is 32.1. The molecule has 10 nitrogen and oxygen atoms in total. The predicted molar refractivity (Wildman–Crippen MR) is 182 cm³/mol. The van der Waals surface area contributed by atoms with Crippen molar-refractivity contribution in [3.05, 3.63) is 131 Å². The monoisotopic (exact) mass is 644 g/mol. The Bertz CT molecular complexity index is 2020. The molecule has 0 radical (unpaired) electrons. The fourth-order valence-electron chi connectivity index (χ4n) is 4.98. The normalized spacial score (nSPS) is 14.5. The zero-order valence-corrected chi connectivity index (χ0v) is 26.5.